The van der Waals surface area contributed by atoms with Crippen LogP contribution in [0.4, 0.5) is 5.82 Å². The van der Waals surface area contributed by atoms with Crippen LogP contribution in [0.1, 0.15) is 76.0 Å². The van der Waals surface area contributed by atoms with Crippen molar-refractivity contribution in [1.29, 1.82) is 0 Å². The Hall–Kier alpha value is -0.990. The maximum Gasteiger partial charge on any atom is 0.169 e. The Morgan fingerprint density at radius 3 is 2.00 bits per heavy atom. The summed E-state index contributed by atoms with van der Waals surface area (Å²) in [5.74, 6) is 1.51. The highest BCUT2D eigenvalue weighted by Gasteiger charge is 2.07. The fourth-order valence-electron chi connectivity index (χ4n) is 2.21. The van der Waals surface area contributed by atoms with Crippen LogP contribution in [0, 0.1) is 6.92 Å². The molecule has 1 rings (SSSR count). The number of unbranched alkanes of at least 4 members (excludes halogenated alkanes) is 8. The lowest BCUT2D eigenvalue weighted by molar-refractivity contribution is 0.379. The third-order valence-corrected chi connectivity index (χ3v) is 3.56. The van der Waals surface area contributed by atoms with Crippen LogP contribution in [0.3, 0.4) is 0 Å². The number of hydrogen-bond acceptors (Lipinski definition) is 3. The van der Waals surface area contributed by atoms with E-state index >= 15 is 0 Å². The minimum atomic E-state index is 0.543. The lowest BCUT2D eigenvalue weighted by Crippen LogP contribution is -1.89. The molecular weight excluding hydrogens is 224 g/mol. The zero-order valence-electron chi connectivity index (χ0n) is 12.0. The Kier molecular flexibility index (Phi) is 7.54. The number of aromatic nitrogens is 1. The molecule has 0 aliphatic rings. The molecule has 3 nitrogen and oxygen atoms in total. The molecule has 1 aromatic rings. The molecule has 0 fully saturated rings. The van der Waals surface area contributed by atoms with Crippen LogP contribution in [0.5, 0.6) is 0 Å². The van der Waals surface area contributed by atoms with E-state index in [1.165, 1.54) is 57.8 Å². The summed E-state index contributed by atoms with van der Waals surface area (Å²) in [7, 11) is 0. The highest BCUT2D eigenvalue weighted by molar-refractivity contribution is 5.38. The fourth-order valence-corrected chi connectivity index (χ4v) is 2.21. The number of hydrogen-bond donors (Lipinski definition) is 1. The topological polar surface area (TPSA) is 52.0 Å². The maximum atomic E-state index is 5.65. The van der Waals surface area contributed by atoms with Gasteiger partial charge >= 0.3 is 0 Å². The molecule has 0 aliphatic heterocycles. The highest BCUT2D eigenvalue weighted by Crippen LogP contribution is 2.17. The molecule has 0 radical (unpaired) electrons. The molecule has 1 heterocycles. The van der Waals surface area contributed by atoms with Crippen molar-refractivity contribution in [3.63, 3.8) is 0 Å². The van der Waals surface area contributed by atoms with E-state index in [4.69, 9.17) is 10.3 Å². The minimum absolute atomic E-state index is 0.543. The van der Waals surface area contributed by atoms with Crippen molar-refractivity contribution in [2.24, 2.45) is 0 Å². The number of nitrogen functional groups attached to an aromatic ring is 1. The standard InChI is InChI=1S/C15H28N2O/c1-3-4-5-6-7-8-9-10-11-12-14-13(2)15(16)17-18-14/h3-12H2,1-2H3,(H2,16,17). The zero-order chi connectivity index (χ0) is 13.2. The molecule has 104 valence electrons. The second-order valence-electron chi connectivity index (χ2n) is 5.19. The molecule has 0 saturated heterocycles. The molecule has 0 aliphatic carbocycles. The van der Waals surface area contributed by atoms with Crippen LogP contribution in [0.2, 0.25) is 0 Å². The second kappa shape index (κ2) is 9.01. The first-order chi connectivity index (χ1) is 8.75. The van der Waals surface area contributed by atoms with Gasteiger partial charge < -0.3 is 10.3 Å². The van der Waals surface area contributed by atoms with E-state index in [1.807, 2.05) is 6.92 Å². The lowest BCUT2D eigenvalue weighted by Gasteiger charge is -2.01. The predicted molar refractivity (Wildman–Crippen MR) is 76.6 cm³/mol. The number of nitrogens with zero attached hydrogens (tertiary/aromatic N) is 1. The van der Waals surface area contributed by atoms with Crippen LogP contribution in [-0.4, -0.2) is 5.16 Å². The van der Waals surface area contributed by atoms with Crippen molar-refractivity contribution in [2.45, 2.75) is 78.1 Å². The van der Waals surface area contributed by atoms with Crippen molar-refractivity contribution < 1.29 is 4.52 Å². The van der Waals surface area contributed by atoms with Crippen molar-refractivity contribution in [3.05, 3.63) is 11.3 Å². The largest absolute Gasteiger partial charge is 0.381 e. The summed E-state index contributed by atoms with van der Waals surface area (Å²) in [6.07, 6.45) is 13.1. The smallest absolute Gasteiger partial charge is 0.169 e. The van der Waals surface area contributed by atoms with Crippen molar-refractivity contribution in [3.8, 4) is 0 Å². The van der Waals surface area contributed by atoms with Crippen molar-refractivity contribution in [2.75, 3.05) is 5.73 Å². The average Bonchev–Trinajstić information content (AvgIpc) is 2.68. The summed E-state index contributed by atoms with van der Waals surface area (Å²) in [6.45, 7) is 4.24. The van der Waals surface area contributed by atoms with Crippen molar-refractivity contribution >= 4 is 5.82 Å². The second-order valence-corrected chi connectivity index (χ2v) is 5.19. The van der Waals surface area contributed by atoms with E-state index in [-0.39, 0.29) is 0 Å². The fraction of sp³-hybridized carbons (Fsp3) is 0.800. The molecule has 3 heteroatoms. The number of aryl methyl sites for hydroxylation is 1. The quantitative estimate of drug-likeness (QED) is 0.617. The van der Waals surface area contributed by atoms with E-state index in [2.05, 4.69) is 12.1 Å². The lowest BCUT2D eigenvalue weighted by atomic mass is 10.1. The van der Waals surface area contributed by atoms with Gasteiger partial charge in [0.05, 0.1) is 0 Å². The van der Waals surface area contributed by atoms with Gasteiger partial charge in [-0.1, -0.05) is 63.4 Å². The van der Waals surface area contributed by atoms with Gasteiger partial charge in [0.25, 0.3) is 0 Å². The van der Waals surface area contributed by atoms with Gasteiger partial charge in [0.2, 0.25) is 0 Å². The molecule has 0 bridgehead atoms. The third kappa shape index (κ3) is 5.56. The third-order valence-electron chi connectivity index (χ3n) is 3.56. The molecule has 18 heavy (non-hydrogen) atoms. The van der Waals surface area contributed by atoms with Gasteiger partial charge in [-0.2, -0.15) is 0 Å². The Bertz CT molecular complexity index is 320. The van der Waals surface area contributed by atoms with Gasteiger partial charge in [0.1, 0.15) is 5.76 Å². The summed E-state index contributed by atoms with van der Waals surface area (Å²) in [5, 5.41) is 3.78. The van der Waals surface area contributed by atoms with Crippen LogP contribution >= 0.6 is 0 Å². The molecule has 0 aromatic carbocycles. The van der Waals surface area contributed by atoms with Crippen LogP contribution in [-0.2, 0) is 6.42 Å². The Morgan fingerprint density at radius 2 is 1.50 bits per heavy atom. The number of rotatable bonds is 10. The van der Waals surface area contributed by atoms with Crippen LogP contribution in [0.25, 0.3) is 0 Å². The van der Waals surface area contributed by atoms with E-state index in [0.29, 0.717) is 5.82 Å². The average molecular weight is 252 g/mol. The van der Waals surface area contributed by atoms with Gasteiger partial charge in [-0.15, -0.1) is 0 Å². The first-order valence-electron chi connectivity index (χ1n) is 7.46. The van der Waals surface area contributed by atoms with Gasteiger partial charge in [0.15, 0.2) is 5.82 Å². The molecule has 0 atom stereocenters. The Morgan fingerprint density at radius 1 is 0.944 bits per heavy atom. The normalized spacial score (nSPS) is 11.0. The summed E-state index contributed by atoms with van der Waals surface area (Å²) >= 11 is 0. The zero-order valence-corrected chi connectivity index (χ0v) is 12.0. The van der Waals surface area contributed by atoms with Crippen LogP contribution < -0.4 is 5.73 Å². The first-order valence-corrected chi connectivity index (χ1v) is 7.46. The SMILES string of the molecule is CCCCCCCCCCCc1onc(N)c1C. The Balaban J connectivity index is 1.94. The van der Waals surface area contributed by atoms with Gasteiger partial charge in [-0.25, -0.2) is 0 Å². The Labute approximate surface area is 111 Å². The summed E-state index contributed by atoms with van der Waals surface area (Å²) in [5.41, 5.74) is 6.67. The summed E-state index contributed by atoms with van der Waals surface area (Å²) in [4.78, 5) is 0. The molecule has 0 unspecified atom stereocenters. The molecule has 0 saturated carbocycles. The minimum Gasteiger partial charge on any atom is -0.381 e. The van der Waals surface area contributed by atoms with E-state index in [9.17, 15) is 0 Å². The summed E-state index contributed by atoms with van der Waals surface area (Å²) in [6, 6.07) is 0. The van der Waals surface area contributed by atoms with Gasteiger partial charge in [-0.3, -0.25) is 0 Å². The number of anilines is 1. The molecule has 2 N–H and O–H groups in total. The highest BCUT2D eigenvalue weighted by atomic mass is 16.5. The van der Waals surface area contributed by atoms with E-state index in [0.717, 1.165) is 17.7 Å². The molecule has 0 amide bonds. The maximum absolute atomic E-state index is 5.65. The van der Waals surface area contributed by atoms with E-state index in [1.54, 1.807) is 0 Å². The first kappa shape index (κ1) is 15.1. The van der Waals surface area contributed by atoms with Crippen molar-refractivity contribution in [1.82, 2.24) is 5.16 Å². The van der Waals surface area contributed by atoms with E-state index < -0.39 is 0 Å². The molecule has 0 spiro atoms. The van der Waals surface area contributed by atoms with Gasteiger partial charge in [0, 0.05) is 12.0 Å². The molecular formula is C15H28N2O. The number of nitrogens with two attached hydrogens (primary N) is 1. The summed E-state index contributed by atoms with van der Waals surface area (Å²) < 4.78 is 5.19. The van der Waals surface area contributed by atoms with Gasteiger partial charge in [-0.05, 0) is 13.3 Å². The predicted octanol–water partition coefficient (Wildman–Crippen LogP) is 4.64. The molecule has 1 aromatic heterocycles. The van der Waals surface area contributed by atoms with Crippen LogP contribution in [0.15, 0.2) is 4.52 Å². The monoisotopic (exact) mass is 252 g/mol.